The van der Waals surface area contributed by atoms with E-state index in [0.717, 1.165) is 8.81 Å². The molecule has 0 spiro atoms. The predicted molar refractivity (Wildman–Crippen MR) is 86.0 cm³/mol. The first kappa shape index (κ1) is 13.9. The van der Waals surface area contributed by atoms with Gasteiger partial charge in [-0.05, 0) is 45.9 Å². The second-order valence-corrected chi connectivity index (χ2v) is 7.74. The number of rotatable bonds is 3. The van der Waals surface area contributed by atoms with Gasteiger partial charge in [-0.2, -0.15) is 0 Å². The minimum atomic E-state index is 0.201. The Morgan fingerprint density at radius 2 is 1.94 bits per heavy atom. The lowest BCUT2D eigenvalue weighted by atomic mass is 10.1. The molecular weight excluding hydrogens is 404 g/mol. The van der Waals surface area contributed by atoms with Gasteiger partial charge in [-0.3, -0.25) is 0 Å². The maximum atomic E-state index is 6.06. The van der Waals surface area contributed by atoms with Crippen molar-refractivity contribution in [1.82, 2.24) is 0 Å². The van der Waals surface area contributed by atoms with Crippen molar-refractivity contribution in [1.29, 1.82) is 0 Å². The summed E-state index contributed by atoms with van der Waals surface area (Å²) in [5.41, 5.74) is 1.24. The molecule has 0 amide bonds. The summed E-state index contributed by atoms with van der Waals surface area (Å²) in [5.74, 6) is 0. The first-order valence-corrected chi connectivity index (χ1v) is 8.97. The first-order valence-electron chi connectivity index (χ1n) is 4.84. The van der Waals surface area contributed by atoms with Gasteiger partial charge in [0.25, 0.3) is 0 Å². The Bertz CT molecular complexity index is 488. The molecule has 17 heavy (non-hydrogen) atoms. The van der Waals surface area contributed by atoms with Crippen molar-refractivity contribution < 1.29 is 0 Å². The molecule has 0 saturated heterocycles. The third kappa shape index (κ3) is 3.29. The summed E-state index contributed by atoms with van der Waals surface area (Å²) in [4.78, 5) is 2.69. The van der Waals surface area contributed by atoms with E-state index in [1.165, 1.54) is 15.3 Å². The van der Waals surface area contributed by atoms with Crippen molar-refractivity contribution in [3.63, 3.8) is 0 Å². The highest BCUT2D eigenvalue weighted by Gasteiger charge is 2.14. The highest BCUT2D eigenvalue weighted by molar-refractivity contribution is 9.10. The van der Waals surface area contributed by atoms with Crippen molar-refractivity contribution in [2.45, 2.75) is 9.72 Å². The normalized spacial score (nSPS) is 12.7. The van der Waals surface area contributed by atoms with Crippen LogP contribution in [0.4, 0.5) is 0 Å². The Morgan fingerprint density at radius 3 is 2.41 bits per heavy atom. The van der Waals surface area contributed by atoms with Crippen LogP contribution in [0.25, 0.3) is 0 Å². The highest BCUT2D eigenvalue weighted by atomic mass is 79.9. The van der Waals surface area contributed by atoms with Gasteiger partial charge in [0.1, 0.15) is 4.34 Å². The van der Waals surface area contributed by atoms with Gasteiger partial charge in [-0.15, -0.1) is 23.1 Å². The van der Waals surface area contributed by atoms with Crippen LogP contribution in [0, 0.1) is 0 Å². The molecule has 0 nitrogen and oxygen atoms in total. The summed E-state index contributed by atoms with van der Waals surface area (Å²) in [6, 6.07) is 10.6. The fourth-order valence-electron chi connectivity index (χ4n) is 1.43. The molecule has 1 aromatic heterocycles. The van der Waals surface area contributed by atoms with Crippen LogP contribution in [0.15, 0.2) is 39.7 Å². The van der Waals surface area contributed by atoms with E-state index < -0.39 is 0 Å². The first-order chi connectivity index (χ1) is 8.11. The van der Waals surface area contributed by atoms with Gasteiger partial charge in [0.05, 0.1) is 4.83 Å². The molecule has 0 N–H and O–H groups in total. The van der Waals surface area contributed by atoms with Crippen molar-refractivity contribution in [2.75, 3.05) is 6.26 Å². The molecular formula is C12H9Br2ClS2. The minimum absolute atomic E-state index is 0.201. The Hall–Kier alpha value is 0.520. The van der Waals surface area contributed by atoms with E-state index in [1.54, 1.807) is 23.1 Å². The summed E-state index contributed by atoms with van der Waals surface area (Å²) in [7, 11) is 0. The molecule has 0 fully saturated rings. The minimum Gasteiger partial charge on any atom is -0.130 e. The molecule has 90 valence electrons. The van der Waals surface area contributed by atoms with E-state index in [-0.39, 0.29) is 4.83 Å². The van der Waals surface area contributed by atoms with Gasteiger partial charge < -0.3 is 0 Å². The number of thiophene rings is 1. The number of benzene rings is 1. The Labute approximate surface area is 131 Å². The van der Waals surface area contributed by atoms with Gasteiger partial charge in [-0.1, -0.05) is 39.7 Å². The van der Waals surface area contributed by atoms with Crippen LogP contribution in [-0.2, 0) is 0 Å². The molecule has 0 radical (unpaired) electrons. The fraction of sp³-hybridized carbons (Fsp3) is 0.167. The van der Waals surface area contributed by atoms with Crippen LogP contribution in [-0.4, -0.2) is 6.26 Å². The molecule has 1 atom stereocenters. The maximum Gasteiger partial charge on any atom is 0.107 e. The topological polar surface area (TPSA) is 0 Å². The van der Waals surface area contributed by atoms with Crippen LogP contribution >= 0.6 is 66.6 Å². The van der Waals surface area contributed by atoms with Crippen LogP contribution < -0.4 is 0 Å². The average molecular weight is 413 g/mol. The van der Waals surface area contributed by atoms with Gasteiger partial charge in [-0.25, -0.2) is 0 Å². The molecule has 0 saturated carbocycles. The number of alkyl halides is 1. The van der Waals surface area contributed by atoms with Crippen LogP contribution in [0.3, 0.4) is 0 Å². The zero-order valence-corrected chi connectivity index (χ0v) is 14.5. The molecule has 2 aromatic rings. The molecule has 0 aliphatic heterocycles. The lowest BCUT2D eigenvalue weighted by Gasteiger charge is -2.08. The second kappa shape index (κ2) is 6.11. The van der Waals surface area contributed by atoms with Crippen LogP contribution in [0.1, 0.15) is 15.3 Å². The van der Waals surface area contributed by atoms with Crippen molar-refractivity contribution in [3.05, 3.63) is 49.6 Å². The number of halogens is 3. The van der Waals surface area contributed by atoms with Crippen molar-refractivity contribution >= 4 is 66.6 Å². The lowest BCUT2D eigenvalue weighted by Crippen LogP contribution is -1.88. The highest BCUT2D eigenvalue weighted by Crippen LogP contribution is 2.41. The van der Waals surface area contributed by atoms with Crippen LogP contribution in [0.2, 0.25) is 4.34 Å². The third-order valence-electron chi connectivity index (χ3n) is 2.32. The Morgan fingerprint density at radius 1 is 1.29 bits per heavy atom. The molecule has 5 heteroatoms. The summed E-state index contributed by atoms with van der Waals surface area (Å²) in [6.45, 7) is 0. The number of hydrogen-bond acceptors (Lipinski definition) is 2. The molecule has 1 heterocycles. The van der Waals surface area contributed by atoms with E-state index in [4.69, 9.17) is 11.6 Å². The summed E-state index contributed by atoms with van der Waals surface area (Å²) < 4.78 is 1.76. The summed E-state index contributed by atoms with van der Waals surface area (Å²) >= 11 is 16.5. The zero-order chi connectivity index (χ0) is 12.4. The fourth-order valence-corrected chi connectivity index (χ4v) is 4.29. The molecule has 0 bridgehead atoms. The van der Waals surface area contributed by atoms with Crippen LogP contribution in [0.5, 0.6) is 0 Å². The van der Waals surface area contributed by atoms with E-state index in [1.807, 2.05) is 0 Å². The summed E-state index contributed by atoms with van der Waals surface area (Å²) in [6.07, 6.45) is 2.08. The Balaban J connectivity index is 2.26. The Kier molecular flexibility index (Phi) is 5.01. The molecule has 1 aromatic carbocycles. The third-order valence-corrected chi connectivity index (χ3v) is 6.93. The maximum absolute atomic E-state index is 6.06. The monoisotopic (exact) mass is 410 g/mol. The molecule has 1 unspecified atom stereocenters. The van der Waals surface area contributed by atoms with Crippen molar-refractivity contribution in [2.24, 2.45) is 0 Å². The number of thioether (sulfide) groups is 1. The standard InChI is InChI=1S/C12H9Br2ClS2/c1-16-8-4-2-7(3-5-8)11(14)10-6-9(13)12(15)17-10/h2-6,11H,1H3. The average Bonchev–Trinajstić information content (AvgIpc) is 2.69. The largest absolute Gasteiger partial charge is 0.130 e. The molecule has 0 aliphatic rings. The van der Waals surface area contributed by atoms with E-state index >= 15 is 0 Å². The van der Waals surface area contributed by atoms with Crippen molar-refractivity contribution in [3.8, 4) is 0 Å². The summed E-state index contributed by atoms with van der Waals surface area (Å²) in [5, 5.41) is 0. The van der Waals surface area contributed by atoms with E-state index in [0.29, 0.717) is 0 Å². The molecule has 2 rings (SSSR count). The van der Waals surface area contributed by atoms with Gasteiger partial charge in [0.2, 0.25) is 0 Å². The SMILES string of the molecule is CSc1ccc(C(Br)c2cc(Br)c(Cl)s2)cc1. The molecule has 0 aliphatic carbocycles. The van der Waals surface area contributed by atoms with Gasteiger partial charge in [0, 0.05) is 14.2 Å². The quantitative estimate of drug-likeness (QED) is 0.417. The zero-order valence-electron chi connectivity index (χ0n) is 8.91. The number of hydrogen-bond donors (Lipinski definition) is 0. The predicted octanol–water partition coefficient (Wildman–Crippen LogP) is 6.37. The van der Waals surface area contributed by atoms with E-state index in [9.17, 15) is 0 Å². The van der Waals surface area contributed by atoms with E-state index in [2.05, 4.69) is 68.4 Å². The second-order valence-electron chi connectivity index (χ2n) is 3.41. The van der Waals surface area contributed by atoms with Gasteiger partial charge in [0.15, 0.2) is 0 Å². The lowest BCUT2D eigenvalue weighted by molar-refractivity contribution is 1.21. The smallest absolute Gasteiger partial charge is 0.107 e. The van der Waals surface area contributed by atoms with Gasteiger partial charge >= 0.3 is 0 Å².